The summed E-state index contributed by atoms with van der Waals surface area (Å²) in [6.45, 7) is 7.82. The van der Waals surface area contributed by atoms with Crippen LogP contribution in [0.1, 0.15) is 53.0 Å². The number of hydrogen-bond acceptors (Lipinski definition) is 2. The number of carboxylic acids is 1. The van der Waals surface area contributed by atoms with Gasteiger partial charge in [0.1, 0.15) is 10.8 Å². The van der Waals surface area contributed by atoms with Gasteiger partial charge in [-0.25, -0.2) is 9.78 Å². The zero-order valence-corrected chi connectivity index (χ0v) is 12.2. The highest BCUT2D eigenvalue weighted by atomic mass is 35.5. The van der Waals surface area contributed by atoms with Gasteiger partial charge in [-0.1, -0.05) is 18.2 Å². The van der Waals surface area contributed by atoms with Crippen molar-refractivity contribution in [2.45, 2.75) is 32.6 Å². The van der Waals surface area contributed by atoms with Gasteiger partial charge in [0.2, 0.25) is 0 Å². The summed E-state index contributed by atoms with van der Waals surface area (Å²) in [6.07, 6.45) is 2.33. The van der Waals surface area contributed by atoms with Crippen LogP contribution in [-0.2, 0) is 0 Å². The Morgan fingerprint density at radius 3 is 2.70 bits per heavy atom. The van der Waals surface area contributed by atoms with Crippen molar-refractivity contribution in [1.29, 1.82) is 0 Å². The quantitative estimate of drug-likeness (QED) is 0.932. The van der Waals surface area contributed by atoms with Gasteiger partial charge in [0.05, 0.1) is 0 Å². The van der Waals surface area contributed by atoms with Gasteiger partial charge in [-0.05, 0) is 49.8 Å². The van der Waals surface area contributed by atoms with Crippen LogP contribution in [-0.4, -0.2) is 20.5 Å². The average molecular weight is 291 g/mol. The SMILES string of the molecule is C=C(C)c1cc(C2CC2)c(C)n2c(Cl)c(C(=O)O)nc12. The molecule has 1 saturated carbocycles. The topological polar surface area (TPSA) is 54.6 Å². The Balaban J connectivity index is 2.42. The molecular formula is C15H15ClN2O2. The van der Waals surface area contributed by atoms with Crippen molar-refractivity contribution in [2.75, 3.05) is 0 Å². The summed E-state index contributed by atoms with van der Waals surface area (Å²) in [5.41, 5.74) is 4.37. The minimum absolute atomic E-state index is 0.106. The monoisotopic (exact) mass is 290 g/mol. The molecule has 5 heteroatoms. The molecule has 2 aromatic rings. The molecule has 4 nitrogen and oxygen atoms in total. The molecule has 1 aliphatic carbocycles. The predicted molar refractivity (Wildman–Crippen MR) is 78.6 cm³/mol. The molecule has 1 aliphatic rings. The number of carbonyl (C=O) groups is 1. The third-order valence-corrected chi connectivity index (χ3v) is 4.14. The Kier molecular flexibility index (Phi) is 2.87. The molecule has 104 valence electrons. The lowest BCUT2D eigenvalue weighted by atomic mass is 10.0. The third-order valence-electron chi connectivity index (χ3n) is 3.79. The van der Waals surface area contributed by atoms with Crippen LogP contribution in [0.25, 0.3) is 11.2 Å². The van der Waals surface area contributed by atoms with Gasteiger partial charge >= 0.3 is 5.97 Å². The fourth-order valence-corrected chi connectivity index (χ4v) is 2.93. The fourth-order valence-electron chi connectivity index (χ4n) is 2.60. The lowest BCUT2D eigenvalue weighted by Gasteiger charge is -2.12. The number of aromatic carboxylic acids is 1. The van der Waals surface area contributed by atoms with Gasteiger partial charge in [0.25, 0.3) is 0 Å². The minimum atomic E-state index is -1.11. The van der Waals surface area contributed by atoms with E-state index in [1.807, 2.05) is 13.8 Å². The molecule has 1 fully saturated rings. The van der Waals surface area contributed by atoms with E-state index in [1.54, 1.807) is 4.40 Å². The summed E-state index contributed by atoms with van der Waals surface area (Å²) in [5.74, 6) is -0.567. The maximum atomic E-state index is 11.2. The lowest BCUT2D eigenvalue weighted by molar-refractivity contribution is 0.0691. The van der Waals surface area contributed by atoms with Crippen molar-refractivity contribution < 1.29 is 9.90 Å². The Bertz CT molecular complexity index is 757. The van der Waals surface area contributed by atoms with E-state index in [0.29, 0.717) is 11.6 Å². The summed E-state index contributed by atoms with van der Waals surface area (Å²) in [4.78, 5) is 15.4. The summed E-state index contributed by atoms with van der Waals surface area (Å²) in [7, 11) is 0. The number of aryl methyl sites for hydroxylation is 1. The van der Waals surface area contributed by atoms with Crippen LogP contribution in [0.4, 0.5) is 0 Å². The van der Waals surface area contributed by atoms with Crippen LogP contribution in [0.5, 0.6) is 0 Å². The first-order valence-electron chi connectivity index (χ1n) is 6.52. The molecule has 0 aromatic carbocycles. The fraction of sp³-hybridized carbons (Fsp3) is 0.333. The molecule has 0 radical (unpaired) electrons. The summed E-state index contributed by atoms with van der Waals surface area (Å²) in [5, 5.41) is 9.36. The zero-order chi connectivity index (χ0) is 14.6. The second-order valence-electron chi connectivity index (χ2n) is 5.37. The summed E-state index contributed by atoms with van der Waals surface area (Å²) in [6, 6.07) is 2.08. The molecule has 0 bridgehead atoms. The highest BCUT2D eigenvalue weighted by molar-refractivity contribution is 6.32. The maximum Gasteiger partial charge on any atom is 0.357 e. The number of carboxylic acid groups (broad SMARTS) is 1. The van der Waals surface area contributed by atoms with Crippen molar-refractivity contribution >= 4 is 28.8 Å². The molecule has 0 aliphatic heterocycles. The van der Waals surface area contributed by atoms with Gasteiger partial charge in [0, 0.05) is 11.3 Å². The Labute approximate surface area is 121 Å². The normalized spacial score (nSPS) is 14.8. The molecule has 20 heavy (non-hydrogen) atoms. The first-order chi connectivity index (χ1) is 9.41. The molecule has 0 atom stereocenters. The van der Waals surface area contributed by atoms with Crippen LogP contribution in [0.2, 0.25) is 5.15 Å². The van der Waals surface area contributed by atoms with Crippen LogP contribution in [0, 0.1) is 6.92 Å². The Morgan fingerprint density at radius 1 is 1.55 bits per heavy atom. The van der Waals surface area contributed by atoms with Crippen molar-refractivity contribution in [3.63, 3.8) is 0 Å². The van der Waals surface area contributed by atoms with Crippen molar-refractivity contribution in [2.24, 2.45) is 0 Å². The molecule has 0 amide bonds. The van der Waals surface area contributed by atoms with E-state index in [4.69, 9.17) is 11.6 Å². The molecular weight excluding hydrogens is 276 g/mol. The van der Waals surface area contributed by atoms with Gasteiger partial charge < -0.3 is 5.11 Å². The molecule has 2 aromatic heterocycles. The molecule has 1 N–H and O–H groups in total. The smallest absolute Gasteiger partial charge is 0.357 e. The van der Waals surface area contributed by atoms with E-state index in [2.05, 4.69) is 17.6 Å². The molecule has 0 saturated heterocycles. The van der Waals surface area contributed by atoms with Gasteiger partial charge in [-0.2, -0.15) is 0 Å². The molecule has 0 unspecified atom stereocenters. The highest BCUT2D eigenvalue weighted by Gasteiger charge is 2.29. The predicted octanol–water partition coefficient (Wildman–Crippen LogP) is 3.90. The van der Waals surface area contributed by atoms with Crippen molar-refractivity contribution in [3.05, 3.63) is 40.3 Å². The number of rotatable bonds is 3. The van der Waals surface area contributed by atoms with Gasteiger partial charge in [0.15, 0.2) is 5.69 Å². The summed E-state index contributed by atoms with van der Waals surface area (Å²) >= 11 is 6.22. The van der Waals surface area contributed by atoms with Crippen LogP contribution in [0.3, 0.4) is 0 Å². The van der Waals surface area contributed by atoms with E-state index < -0.39 is 5.97 Å². The van der Waals surface area contributed by atoms with Crippen LogP contribution >= 0.6 is 11.6 Å². The van der Waals surface area contributed by atoms with Crippen molar-refractivity contribution in [3.8, 4) is 0 Å². The summed E-state index contributed by atoms with van der Waals surface area (Å²) < 4.78 is 1.74. The second-order valence-corrected chi connectivity index (χ2v) is 5.73. The first kappa shape index (κ1) is 13.2. The number of allylic oxidation sites excluding steroid dienone is 1. The molecule has 3 rings (SSSR count). The van der Waals surface area contributed by atoms with Gasteiger partial charge in [-0.15, -0.1) is 0 Å². The molecule has 2 heterocycles. The van der Waals surface area contributed by atoms with Crippen molar-refractivity contribution in [1.82, 2.24) is 9.38 Å². The number of pyridine rings is 1. The zero-order valence-electron chi connectivity index (χ0n) is 11.4. The maximum absolute atomic E-state index is 11.2. The first-order valence-corrected chi connectivity index (χ1v) is 6.90. The van der Waals surface area contributed by atoms with E-state index in [9.17, 15) is 9.90 Å². The molecule has 0 spiro atoms. The largest absolute Gasteiger partial charge is 0.476 e. The number of aromatic nitrogens is 2. The van der Waals surface area contributed by atoms with E-state index in [1.165, 1.54) is 18.4 Å². The number of fused-ring (bicyclic) bond motifs is 1. The number of hydrogen-bond donors (Lipinski definition) is 1. The number of nitrogens with zero attached hydrogens (tertiary/aromatic N) is 2. The average Bonchev–Trinajstić information content (AvgIpc) is 3.13. The second kappa shape index (κ2) is 4.35. The highest BCUT2D eigenvalue weighted by Crippen LogP contribution is 2.43. The number of imidazole rings is 1. The van der Waals surface area contributed by atoms with Crippen LogP contribution in [0.15, 0.2) is 12.6 Å². The Hall–Kier alpha value is -1.81. The lowest BCUT2D eigenvalue weighted by Crippen LogP contribution is -2.01. The minimum Gasteiger partial charge on any atom is -0.476 e. The standard InChI is InChI=1S/C15H15ClN2O2/c1-7(2)10-6-11(9-4-5-9)8(3)18-13(16)12(15(19)20)17-14(10)18/h6,9H,1,4-5H2,2-3H3,(H,19,20). The van der Waals surface area contributed by atoms with Crippen LogP contribution < -0.4 is 0 Å². The third kappa shape index (κ3) is 1.83. The van der Waals surface area contributed by atoms with E-state index in [0.717, 1.165) is 16.8 Å². The number of halogens is 1. The van der Waals surface area contributed by atoms with E-state index in [-0.39, 0.29) is 10.8 Å². The van der Waals surface area contributed by atoms with Gasteiger partial charge in [-0.3, -0.25) is 4.40 Å². The van der Waals surface area contributed by atoms with E-state index >= 15 is 0 Å². The Morgan fingerprint density at radius 2 is 2.20 bits per heavy atom.